The van der Waals surface area contributed by atoms with Gasteiger partial charge in [0.1, 0.15) is 0 Å². The van der Waals surface area contributed by atoms with Crippen molar-refractivity contribution in [3.63, 3.8) is 0 Å². The molecule has 0 N–H and O–H groups in total. The van der Waals surface area contributed by atoms with Gasteiger partial charge in [0.15, 0.2) is 0 Å². The molecule has 0 unspecified atom stereocenters. The van der Waals surface area contributed by atoms with Gasteiger partial charge in [-0.3, -0.25) is 0 Å². The lowest BCUT2D eigenvalue weighted by Crippen LogP contribution is -2.11. The maximum absolute atomic E-state index is 2.41. The number of para-hydroxylation sites is 3. The van der Waals surface area contributed by atoms with Crippen molar-refractivity contribution in [3.05, 3.63) is 230 Å². The van der Waals surface area contributed by atoms with E-state index in [1.807, 2.05) is 0 Å². The Hall–Kier alpha value is -7.42. The highest BCUT2D eigenvalue weighted by molar-refractivity contribution is 6.11. The number of nitrogens with zero attached hydrogens (tertiary/aromatic N) is 2. The van der Waals surface area contributed by atoms with Crippen LogP contribution in [0, 0.1) is 0 Å². The third-order valence-corrected chi connectivity index (χ3v) is 11.6. The second-order valence-electron chi connectivity index (χ2n) is 15.6. The van der Waals surface area contributed by atoms with Crippen molar-refractivity contribution in [1.29, 1.82) is 0 Å². The average Bonchev–Trinajstić information content (AvgIpc) is 3.86. The molecule has 1 heterocycles. The van der Waals surface area contributed by atoms with Crippen LogP contribution in [0.3, 0.4) is 0 Å². The minimum Gasteiger partial charge on any atom is -0.310 e. The van der Waals surface area contributed by atoms with Crippen LogP contribution in [0.25, 0.3) is 72.0 Å². The quantitative estimate of drug-likeness (QED) is 0.157. The average molecular weight is 771 g/mol. The third kappa shape index (κ3) is 6.76. The van der Waals surface area contributed by atoms with E-state index in [-0.39, 0.29) is 0 Å². The number of hydrogen-bond acceptors (Lipinski definition) is 1. The molecule has 0 saturated carbocycles. The van der Waals surface area contributed by atoms with Crippen LogP contribution >= 0.6 is 0 Å². The lowest BCUT2D eigenvalue weighted by atomic mass is 9.98. The van der Waals surface area contributed by atoms with Crippen LogP contribution in [0.1, 0.15) is 31.4 Å². The molecule has 2 heteroatoms. The van der Waals surface area contributed by atoms with Crippen LogP contribution < -0.4 is 4.90 Å². The Balaban J connectivity index is 0.00000140. The molecule has 0 amide bonds. The predicted octanol–water partition coefficient (Wildman–Crippen LogP) is 16.2. The molecule has 288 valence electrons. The standard InChI is InChI=1S/C55H38N2.C3H8/c1-3-13-38(14-4-1)39-23-29-46(30-24-39)56(47-31-25-40(26-32-47)41-27-33-49-44(35-41)36-42-15-7-8-18-48(42)49)53-21-11-9-19-50(53)43-28-34-55-52(37-43)51-20-10-12-22-54(51)57(55)45-16-5-2-6-17-45;1-3-2/h1-35,37H,36H2;3H2,1-2H3. The topological polar surface area (TPSA) is 8.17 Å². The number of anilines is 3. The van der Waals surface area contributed by atoms with Gasteiger partial charge in [0.25, 0.3) is 0 Å². The summed E-state index contributed by atoms with van der Waals surface area (Å²) in [6.45, 7) is 4.25. The monoisotopic (exact) mass is 770 g/mol. The van der Waals surface area contributed by atoms with Gasteiger partial charge < -0.3 is 9.47 Å². The molecule has 11 rings (SSSR count). The van der Waals surface area contributed by atoms with Gasteiger partial charge in [0, 0.05) is 33.4 Å². The normalized spacial score (nSPS) is 11.5. The molecule has 0 aliphatic heterocycles. The molecule has 0 bridgehead atoms. The summed E-state index contributed by atoms with van der Waals surface area (Å²) in [6, 6.07) is 79.6. The van der Waals surface area contributed by atoms with Gasteiger partial charge in [0.2, 0.25) is 0 Å². The molecule has 10 aromatic rings. The summed E-state index contributed by atoms with van der Waals surface area (Å²) in [6.07, 6.45) is 2.24. The maximum atomic E-state index is 2.41. The van der Waals surface area contributed by atoms with Gasteiger partial charge in [-0.1, -0.05) is 178 Å². The van der Waals surface area contributed by atoms with Gasteiger partial charge in [-0.25, -0.2) is 0 Å². The molecule has 9 aromatic carbocycles. The Morgan fingerprint density at radius 3 is 1.63 bits per heavy atom. The minimum absolute atomic E-state index is 0.986. The third-order valence-electron chi connectivity index (χ3n) is 11.6. The second kappa shape index (κ2) is 16.1. The first-order valence-electron chi connectivity index (χ1n) is 21.1. The van der Waals surface area contributed by atoms with E-state index in [1.165, 1.54) is 83.9 Å². The number of aromatic nitrogens is 1. The van der Waals surface area contributed by atoms with E-state index in [1.54, 1.807) is 0 Å². The van der Waals surface area contributed by atoms with Gasteiger partial charge in [0.05, 0.1) is 16.7 Å². The molecule has 2 nitrogen and oxygen atoms in total. The first kappa shape index (κ1) is 36.9. The van der Waals surface area contributed by atoms with E-state index in [2.05, 4.69) is 242 Å². The molecule has 1 aliphatic rings. The summed E-state index contributed by atoms with van der Waals surface area (Å²) >= 11 is 0. The molecule has 0 radical (unpaired) electrons. The molecule has 1 aromatic heterocycles. The second-order valence-corrected chi connectivity index (χ2v) is 15.6. The lowest BCUT2D eigenvalue weighted by Gasteiger charge is -2.28. The van der Waals surface area contributed by atoms with E-state index in [9.17, 15) is 0 Å². The van der Waals surface area contributed by atoms with Crippen molar-refractivity contribution in [2.24, 2.45) is 0 Å². The number of hydrogen-bond donors (Lipinski definition) is 0. The van der Waals surface area contributed by atoms with E-state index in [0.29, 0.717) is 0 Å². The highest BCUT2D eigenvalue weighted by atomic mass is 15.1. The lowest BCUT2D eigenvalue weighted by molar-refractivity contribution is 1.09. The smallest absolute Gasteiger partial charge is 0.0541 e. The SMILES string of the molecule is CCC.c1ccc(-c2ccc(N(c3ccc(-c4ccc5c(c4)Cc4ccccc4-5)cc3)c3ccccc3-c3ccc4c(c3)c3ccccc3n4-c3ccccc3)cc2)cc1. The molecule has 60 heavy (non-hydrogen) atoms. The minimum atomic E-state index is 0.986. The van der Waals surface area contributed by atoms with Crippen molar-refractivity contribution < 1.29 is 0 Å². The number of rotatable bonds is 7. The summed E-state index contributed by atoms with van der Waals surface area (Å²) in [4.78, 5) is 2.41. The van der Waals surface area contributed by atoms with Crippen LogP contribution in [0.15, 0.2) is 218 Å². The van der Waals surface area contributed by atoms with Crippen molar-refractivity contribution in [3.8, 4) is 50.2 Å². The largest absolute Gasteiger partial charge is 0.310 e. The van der Waals surface area contributed by atoms with E-state index < -0.39 is 0 Å². The molecule has 0 saturated heterocycles. The zero-order valence-electron chi connectivity index (χ0n) is 34.1. The Bertz CT molecular complexity index is 3090. The van der Waals surface area contributed by atoms with Crippen LogP contribution in [-0.4, -0.2) is 4.57 Å². The van der Waals surface area contributed by atoms with Crippen molar-refractivity contribution >= 4 is 38.9 Å². The Morgan fingerprint density at radius 2 is 0.900 bits per heavy atom. The summed E-state index contributed by atoms with van der Waals surface area (Å²) in [5.41, 5.74) is 19.6. The molecular formula is C58H46N2. The summed E-state index contributed by atoms with van der Waals surface area (Å²) in [7, 11) is 0. The van der Waals surface area contributed by atoms with Gasteiger partial charge in [-0.05, 0) is 117 Å². The zero-order valence-corrected chi connectivity index (χ0v) is 34.1. The summed E-state index contributed by atoms with van der Waals surface area (Å²) in [5, 5.41) is 2.48. The first-order valence-corrected chi connectivity index (χ1v) is 21.1. The van der Waals surface area contributed by atoms with Crippen LogP contribution in [0.4, 0.5) is 17.1 Å². The van der Waals surface area contributed by atoms with E-state index >= 15 is 0 Å². The van der Waals surface area contributed by atoms with E-state index in [0.717, 1.165) is 29.2 Å². The maximum Gasteiger partial charge on any atom is 0.0541 e. The Kier molecular flexibility index (Phi) is 9.89. The Labute approximate surface area is 353 Å². The first-order chi connectivity index (χ1) is 29.7. The van der Waals surface area contributed by atoms with Gasteiger partial charge >= 0.3 is 0 Å². The Morgan fingerprint density at radius 1 is 0.383 bits per heavy atom. The highest BCUT2D eigenvalue weighted by Crippen LogP contribution is 2.44. The highest BCUT2D eigenvalue weighted by Gasteiger charge is 2.21. The number of benzene rings is 9. The fourth-order valence-electron chi connectivity index (χ4n) is 8.90. The summed E-state index contributed by atoms with van der Waals surface area (Å²) < 4.78 is 2.38. The molecular weight excluding hydrogens is 725 g/mol. The summed E-state index contributed by atoms with van der Waals surface area (Å²) in [5.74, 6) is 0. The van der Waals surface area contributed by atoms with Crippen LogP contribution in [-0.2, 0) is 6.42 Å². The molecule has 0 atom stereocenters. The molecule has 0 fully saturated rings. The van der Waals surface area contributed by atoms with Crippen molar-refractivity contribution in [2.75, 3.05) is 4.90 Å². The van der Waals surface area contributed by atoms with Crippen molar-refractivity contribution in [1.82, 2.24) is 4.57 Å². The fraction of sp³-hybridized carbons (Fsp3) is 0.0690. The zero-order chi connectivity index (χ0) is 40.4. The fourth-order valence-corrected chi connectivity index (χ4v) is 8.90. The predicted molar refractivity (Wildman–Crippen MR) is 256 cm³/mol. The van der Waals surface area contributed by atoms with Crippen molar-refractivity contribution in [2.45, 2.75) is 26.7 Å². The van der Waals surface area contributed by atoms with E-state index in [4.69, 9.17) is 0 Å². The molecule has 1 aliphatic carbocycles. The van der Waals surface area contributed by atoms with Crippen LogP contribution in [0.2, 0.25) is 0 Å². The molecule has 0 spiro atoms. The van der Waals surface area contributed by atoms with Gasteiger partial charge in [-0.15, -0.1) is 0 Å². The van der Waals surface area contributed by atoms with Crippen LogP contribution in [0.5, 0.6) is 0 Å². The number of fused-ring (bicyclic) bond motifs is 6. The van der Waals surface area contributed by atoms with Gasteiger partial charge in [-0.2, -0.15) is 0 Å².